The molecular weight excluding hydrogens is 258 g/mol. The summed E-state index contributed by atoms with van der Waals surface area (Å²) in [5, 5.41) is 6.82. The first-order valence-corrected chi connectivity index (χ1v) is 6.85. The molecule has 0 aliphatic heterocycles. The zero-order valence-electron chi connectivity index (χ0n) is 11.6. The van der Waals surface area contributed by atoms with Crippen LogP contribution in [-0.4, -0.2) is 0 Å². The number of hydrogen-bond acceptors (Lipinski definition) is 3. The molecule has 0 aromatic heterocycles. The van der Waals surface area contributed by atoms with E-state index in [4.69, 9.17) is 5.73 Å². The third kappa shape index (κ3) is 3.34. The minimum atomic E-state index is 0.760. The highest BCUT2D eigenvalue weighted by molar-refractivity contribution is 5.78. The van der Waals surface area contributed by atoms with Crippen molar-refractivity contribution in [2.45, 2.75) is 0 Å². The summed E-state index contributed by atoms with van der Waals surface area (Å²) in [4.78, 5) is 0. The van der Waals surface area contributed by atoms with E-state index in [1.807, 2.05) is 78.9 Å². The summed E-state index contributed by atoms with van der Waals surface area (Å²) in [6.45, 7) is 0. The third-order valence-electron chi connectivity index (χ3n) is 3.17. The van der Waals surface area contributed by atoms with Gasteiger partial charge in [0.1, 0.15) is 0 Å². The van der Waals surface area contributed by atoms with Crippen LogP contribution in [0.3, 0.4) is 0 Å². The highest BCUT2D eigenvalue weighted by Crippen LogP contribution is 2.28. The van der Waals surface area contributed by atoms with E-state index in [0.717, 1.165) is 28.4 Å². The van der Waals surface area contributed by atoms with Crippen LogP contribution in [0.2, 0.25) is 0 Å². The molecule has 0 fully saturated rings. The Bertz CT molecular complexity index is 706. The first kappa shape index (κ1) is 13.1. The Morgan fingerprint density at radius 2 is 1.00 bits per heavy atom. The lowest BCUT2D eigenvalue weighted by molar-refractivity contribution is 1.50. The fraction of sp³-hybridized carbons (Fsp3) is 0. The smallest absolute Gasteiger partial charge is 0.0623 e. The molecule has 4 N–H and O–H groups in total. The summed E-state index contributed by atoms with van der Waals surface area (Å²) in [5.74, 6) is 0. The molecule has 0 saturated carbocycles. The van der Waals surface area contributed by atoms with E-state index in [-0.39, 0.29) is 0 Å². The molecule has 0 radical (unpaired) electrons. The van der Waals surface area contributed by atoms with Gasteiger partial charge in [-0.2, -0.15) is 0 Å². The van der Waals surface area contributed by atoms with Crippen LogP contribution in [0.5, 0.6) is 0 Å². The molecule has 0 aliphatic carbocycles. The molecule has 3 nitrogen and oxygen atoms in total. The lowest BCUT2D eigenvalue weighted by atomic mass is 10.2. The van der Waals surface area contributed by atoms with E-state index < -0.39 is 0 Å². The summed E-state index contributed by atoms with van der Waals surface area (Å²) >= 11 is 0. The second kappa shape index (κ2) is 6.01. The van der Waals surface area contributed by atoms with Crippen LogP contribution in [0, 0.1) is 0 Å². The van der Waals surface area contributed by atoms with Crippen LogP contribution in [0.15, 0.2) is 78.9 Å². The molecule has 3 rings (SSSR count). The molecule has 3 aromatic rings. The van der Waals surface area contributed by atoms with Crippen molar-refractivity contribution in [3.05, 3.63) is 78.9 Å². The van der Waals surface area contributed by atoms with Crippen LogP contribution >= 0.6 is 0 Å². The van der Waals surface area contributed by atoms with Gasteiger partial charge in [0.05, 0.1) is 11.4 Å². The van der Waals surface area contributed by atoms with Crippen molar-refractivity contribution in [2.75, 3.05) is 16.4 Å². The van der Waals surface area contributed by atoms with Gasteiger partial charge in [0.2, 0.25) is 0 Å². The van der Waals surface area contributed by atoms with Crippen molar-refractivity contribution in [1.82, 2.24) is 0 Å². The maximum Gasteiger partial charge on any atom is 0.0623 e. The Labute approximate surface area is 124 Å². The molecule has 104 valence electrons. The number of para-hydroxylation sites is 3. The number of benzene rings is 3. The fourth-order valence-corrected chi connectivity index (χ4v) is 2.10. The Balaban J connectivity index is 1.84. The number of hydrogen-bond donors (Lipinski definition) is 3. The Kier molecular flexibility index (Phi) is 3.74. The lowest BCUT2D eigenvalue weighted by Crippen LogP contribution is -1.97. The van der Waals surface area contributed by atoms with Gasteiger partial charge in [-0.05, 0) is 48.5 Å². The number of nitrogens with two attached hydrogens (primary N) is 1. The van der Waals surface area contributed by atoms with E-state index in [2.05, 4.69) is 10.6 Å². The van der Waals surface area contributed by atoms with E-state index in [1.165, 1.54) is 0 Å². The highest BCUT2D eigenvalue weighted by Gasteiger charge is 2.02. The molecule has 0 unspecified atom stereocenters. The van der Waals surface area contributed by atoms with Gasteiger partial charge in [-0.3, -0.25) is 0 Å². The predicted molar refractivity (Wildman–Crippen MR) is 90.3 cm³/mol. The average Bonchev–Trinajstić information content (AvgIpc) is 2.52. The van der Waals surface area contributed by atoms with Crippen LogP contribution in [0.25, 0.3) is 0 Å². The quantitative estimate of drug-likeness (QED) is 0.602. The van der Waals surface area contributed by atoms with Gasteiger partial charge in [0.15, 0.2) is 0 Å². The van der Waals surface area contributed by atoms with Crippen molar-refractivity contribution in [1.29, 1.82) is 0 Å². The van der Waals surface area contributed by atoms with Gasteiger partial charge in [-0.15, -0.1) is 0 Å². The molecule has 0 atom stereocenters. The summed E-state index contributed by atoms with van der Waals surface area (Å²) in [6.07, 6.45) is 0. The molecule has 3 aromatic carbocycles. The largest absolute Gasteiger partial charge is 0.399 e. The molecule has 0 heterocycles. The van der Waals surface area contributed by atoms with Crippen LogP contribution in [0.1, 0.15) is 0 Å². The maximum absolute atomic E-state index is 5.71. The second-order valence-electron chi connectivity index (χ2n) is 4.78. The van der Waals surface area contributed by atoms with E-state index in [1.54, 1.807) is 0 Å². The fourth-order valence-electron chi connectivity index (χ4n) is 2.10. The summed E-state index contributed by atoms with van der Waals surface area (Å²) in [6, 6.07) is 25.9. The van der Waals surface area contributed by atoms with Gasteiger partial charge in [-0.1, -0.05) is 30.3 Å². The molecular formula is C18H17N3. The van der Waals surface area contributed by atoms with Crippen LogP contribution in [-0.2, 0) is 0 Å². The van der Waals surface area contributed by atoms with Crippen molar-refractivity contribution in [3.8, 4) is 0 Å². The predicted octanol–water partition coefficient (Wildman–Crippen LogP) is 4.76. The molecule has 0 saturated heterocycles. The standard InChI is InChI=1S/C18H17N3/c19-14-10-12-16(13-11-14)21-18-9-5-4-8-17(18)20-15-6-2-1-3-7-15/h1-13,20-21H,19H2. The van der Waals surface area contributed by atoms with Gasteiger partial charge in [0.25, 0.3) is 0 Å². The highest BCUT2D eigenvalue weighted by atomic mass is 15.0. The van der Waals surface area contributed by atoms with Crippen molar-refractivity contribution in [3.63, 3.8) is 0 Å². The second-order valence-corrected chi connectivity index (χ2v) is 4.78. The normalized spacial score (nSPS) is 10.1. The van der Waals surface area contributed by atoms with Crippen LogP contribution < -0.4 is 16.4 Å². The minimum Gasteiger partial charge on any atom is -0.399 e. The number of anilines is 5. The summed E-state index contributed by atoms with van der Waals surface area (Å²) < 4.78 is 0. The maximum atomic E-state index is 5.71. The molecule has 0 aliphatic rings. The number of nitrogen functional groups attached to an aromatic ring is 1. The average molecular weight is 275 g/mol. The van der Waals surface area contributed by atoms with Crippen molar-refractivity contribution < 1.29 is 0 Å². The van der Waals surface area contributed by atoms with Crippen LogP contribution in [0.4, 0.5) is 28.4 Å². The zero-order valence-corrected chi connectivity index (χ0v) is 11.6. The van der Waals surface area contributed by atoms with Gasteiger partial charge >= 0.3 is 0 Å². The Morgan fingerprint density at radius 3 is 1.57 bits per heavy atom. The van der Waals surface area contributed by atoms with Crippen molar-refractivity contribution in [2.24, 2.45) is 0 Å². The molecule has 0 spiro atoms. The Morgan fingerprint density at radius 1 is 0.524 bits per heavy atom. The van der Waals surface area contributed by atoms with Crippen molar-refractivity contribution >= 4 is 28.4 Å². The molecule has 0 amide bonds. The van der Waals surface area contributed by atoms with E-state index in [9.17, 15) is 0 Å². The van der Waals surface area contributed by atoms with E-state index in [0.29, 0.717) is 0 Å². The molecule has 21 heavy (non-hydrogen) atoms. The minimum absolute atomic E-state index is 0.760. The molecule has 0 bridgehead atoms. The van der Waals surface area contributed by atoms with Gasteiger partial charge in [-0.25, -0.2) is 0 Å². The number of nitrogens with one attached hydrogen (secondary N) is 2. The zero-order chi connectivity index (χ0) is 14.5. The SMILES string of the molecule is Nc1ccc(Nc2ccccc2Nc2ccccc2)cc1. The number of rotatable bonds is 4. The summed E-state index contributed by atoms with van der Waals surface area (Å²) in [7, 11) is 0. The monoisotopic (exact) mass is 275 g/mol. The molecule has 3 heteroatoms. The van der Waals surface area contributed by atoms with Gasteiger partial charge < -0.3 is 16.4 Å². The summed E-state index contributed by atoms with van der Waals surface area (Å²) in [5.41, 5.74) is 10.6. The Hall–Kier alpha value is -2.94. The third-order valence-corrected chi connectivity index (χ3v) is 3.17. The first-order chi connectivity index (χ1) is 10.3. The lowest BCUT2D eigenvalue weighted by Gasteiger charge is -2.14. The van der Waals surface area contributed by atoms with E-state index >= 15 is 0 Å². The topological polar surface area (TPSA) is 50.1 Å². The van der Waals surface area contributed by atoms with Gasteiger partial charge in [0, 0.05) is 17.1 Å². The first-order valence-electron chi connectivity index (χ1n) is 6.85.